The molecule has 0 spiro atoms. The van der Waals surface area contributed by atoms with Gasteiger partial charge in [0.25, 0.3) is 0 Å². The van der Waals surface area contributed by atoms with E-state index in [0.29, 0.717) is 12.0 Å². The summed E-state index contributed by atoms with van der Waals surface area (Å²) in [5, 5.41) is 0. The molecule has 1 heterocycles. The lowest BCUT2D eigenvalue weighted by Gasteiger charge is -2.14. The van der Waals surface area contributed by atoms with Gasteiger partial charge in [-0.1, -0.05) is 24.3 Å². The molecule has 0 atom stereocenters. The summed E-state index contributed by atoms with van der Waals surface area (Å²) in [6.45, 7) is 0. The molecule has 0 bridgehead atoms. The van der Waals surface area contributed by atoms with E-state index in [9.17, 15) is 0 Å². The van der Waals surface area contributed by atoms with Gasteiger partial charge in [-0.05, 0) is 64.8 Å². The maximum Gasteiger partial charge on any atom is 0.201 e. The van der Waals surface area contributed by atoms with E-state index in [-0.39, 0.29) is 0 Å². The van der Waals surface area contributed by atoms with Crippen molar-refractivity contribution in [2.75, 3.05) is 5.73 Å². The van der Waals surface area contributed by atoms with Crippen LogP contribution in [0.4, 0.5) is 5.95 Å². The molecule has 2 N–H and O–H groups in total. The van der Waals surface area contributed by atoms with E-state index < -0.39 is 0 Å². The average molecular weight is 375 g/mol. The van der Waals surface area contributed by atoms with E-state index in [1.165, 1.54) is 14.7 Å². The highest BCUT2D eigenvalue weighted by molar-refractivity contribution is 14.1. The van der Waals surface area contributed by atoms with Crippen LogP contribution in [-0.2, 0) is 12.8 Å². The van der Waals surface area contributed by atoms with Crippen LogP contribution in [0, 0.1) is 3.57 Å². The molecule has 0 radical (unpaired) electrons. The second-order valence-corrected chi connectivity index (χ2v) is 6.55. The maximum absolute atomic E-state index is 6.17. The van der Waals surface area contributed by atoms with Gasteiger partial charge >= 0.3 is 0 Å². The Labute approximate surface area is 130 Å². The molecule has 1 aromatic heterocycles. The molecule has 0 saturated carbocycles. The van der Waals surface area contributed by atoms with Crippen molar-refractivity contribution in [2.45, 2.75) is 18.9 Å². The van der Waals surface area contributed by atoms with E-state index in [4.69, 9.17) is 5.73 Å². The Balaban J connectivity index is 1.83. The monoisotopic (exact) mass is 375 g/mol. The first-order chi connectivity index (χ1) is 9.72. The Morgan fingerprint density at radius 1 is 1.10 bits per heavy atom. The lowest BCUT2D eigenvalue weighted by Crippen LogP contribution is -2.12. The Hall–Kier alpha value is -1.56. The predicted molar refractivity (Wildman–Crippen MR) is 89.7 cm³/mol. The van der Waals surface area contributed by atoms with Crippen LogP contribution in [-0.4, -0.2) is 9.55 Å². The summed E-state index contributed by atoms with van der Waals surface area (Å²) < 4.78 is 3.39. The lowest BCUT2D eigenvalue weighted by molar-refractivity contribution is 0.550. The van der Waals surface area contributed by atoms with E-state index in [1.807, 2.05) is 0 Å². The summed E-state index contributed by atoms with van der Waals surface area (Å²) in [6.07, 6.45) is 2.08. The fourth-order valence-electron chi connectivity index (χ4n) is 3.19. The lowest BCUT2D eigenvalue weighted by atomic mass is 10.1. The average Bonchev–Trinajstić information content (AvgIpc) is 2.97. The Morgan fingerprint density at radius 3 is 2.50 bits per heavy atom. The third-order valence-electron chi connectivity index (χ3n) is 4.07. The fourth-order valence-corrected chi connectivity index (χ4v) is 3.67. The van der Waals surface area contributed by atoms with Crippen LogP contribution >= 0.6 is 22.6 Å². The molecule has 3 nitrogen and oxygen atoms in total. The first-order valence-corrected chi connectivity index (χ1v) is 7.80. The zero-order valence-corrected chi connectivity index (χ0v) is 13.0. The van der Waals surface area contributed by atoms with E-state index in [1.54, 1.807) is 0 Å². The normalized spacial score (nSPS) is 14.8. The summed E-state index contributed by atoms with van der Waals surface area (Å²) >= 11 is 2.31. The second kappa shape index (κ2) is 4.48. The molecule has 0 saturated heterocycles. The van der Waals surface area contributed by atoms with Crippen LogP contribution in [0.25, 0.3) is 11.0 Å². The van der Waals surface area contributed by atoms with Gasteiger partial charge in [-0.2, -0.15) is 0 Å². The van der Waals surface area contributed by atoms with Crippen LogP contribution < -0.4 is 5.73 Å². The molecular weight excluding hydrogens is 361 g/mol. The number of aromatic nitrogens is 2. The third-order valence-corrected chi connectivity index (χ3v) is 4.74. The van der Waals surface area contributed by atoms with Crippen molar-refractivity contribution in [3.05, 3.63) is 57.2 Å². The molecule has 2 aromatic carbocycles. The SMILES string of the molecule is Nc1nc2cc(I)ccc2n1C1Cc2ccccc2C1. The number of hydrogen-bond donors (Lipinski definition) is 1. The first kappa shape index (κ1) is 12.2. The maximum atomic E-state index is 6.17. The molecule has 4 rings (SSSR count). The highest BCUT2D eigenvalue weighted by Gasteiger charge is 2.25. The smallest absolute Gasteiger partial charge is 0.201 e. The molecular formula is C16H14IN3. The molecule has 0 amide bonds. The van der Waals surface area contributed by atoms with Crippen molar-refractivity contribution in [1.82, 2.24) is 9.55 Å². The quantitative estimate of drug-likeness (QED) is 0.661. The largest absolute Gasteiger partial charge is 0.369 e. The van der Waals surface area contributed by atoms with Crippen molar-refractivity contribution in [1.29, 1.82) is 0 Å². The van der Waals surface area contributed by atoms with Gasteiger partial charge < -0.3 is 10.3 Å². The molecule has 100 valence electrons. The summed E-state index contributed by atoms with van der Waals surface area (Å²) in [5.74, 6) is 0.625. The van der Waals surface area contributed by atoms with E-state index in [0.717, 1.165) is 23.9 Å². The molecule has 20 heavy (non-hydrogen) atoms. The topological polar surface area (TPSA) is 43.8 Å². The number of nitrogen functional groups attached to an aromatic ring is 1. The molecule has 3 aromatic rings. The minimum absolute atomic E-state index is 0.387. The van der Waals surface area contributed by atoms with Crippen LogP contribution in [0.3, 0.4) is 0 Å². The van der Waals surface area contributed by atoms with Crippen molar-refractivity contribution in [3.63, 3.8) is 0 Å². The van der Waals surface area contributed by atoms with E-state index in [2.05, 4.69) is 74.6 Å². The molecule has 1 aliphatic carbocycles. The number of benzene rings is 2. The molecule has 1 aliphatic rings. The summed E-state index contributed by atoms with van der Waals surface area (Å²) in [7, 11) is 0. The van der Waals surface area contributed by atoms with Gasteiger partial charge in [-0.3, -0.25) is 0 Å². The zero-order chi connectivity index (χ0) is 13.7. The Kier molecular flexibility index (Phi) is 2.73. The zero-order valence-electron chi connectivity index (χ0n) is 10.9. The molecule has 0 unspecified atom stereocenters. The van der Waals surface area contributed by atoms with E-state index >= 15 is 0 Å². The van der Waals surface area contributed by atoms with Crippen LogP contribution in [0.15, 0.2) is 42.5 Å². The van der Waals surface area contributed by atoms with Crippen LogP contribution in [0.5, 0.6) is 0 Å². The minimum Gasteiger partial charge on any atom is -0.369 e. The van der Waals surface area contributed by atoms with Gasteiger partial charge in [0, 0.05) is 9.61 Å². The number of nitrogens with two attached hydrogens (primary N) is 1. The van der Waals surface area contributed by atoms with Gasteiger partial charge in [0.15, 0.2) is 0 Å². The summed E-state index contributed by atoms with van der Waals surface area (Å²) in [5.41, 5.74) is 11.2. The van der Waals surface area contributed by atoms with Gasteiger partial charge in [-0.15, -0.1) is 0 Å². The van der Waals surface area contributed by atoms with Gasteiger partial charge in [0.05, 0.1) is 11.0 Å². The molecule has 0 fully saturated rings. The summed E-state index contributed by atoms with van der Waals surface area (Å²) in [4.78, 5) is 4.52. The summed E-state index contributed by atoms with van der Waals surface area (Å²) in [6, 6.07) is 15.4. The highest BCUT2D eigenvalue weighted by Crippen LogP contribution is 2.34. The predicted octanol–water partition coefficient (Wildman–Crippen LogP) is 3.56. The van der Waals surface area contributed by atoms with Gasteiger partial charge in [0.2, 0.25) is 5.95 Å². The highest BCUT2D eigenvalue weighted by atomic mass is 127. The van der Waals surface area contributed by atoms with Crippen molar-refractivity contribution in [3.8, 4) is 0 Å². The number of nitrogens with zero attached hydrogens (tertiary/aromatic N) is 2. The second-order valence-electron chi connectivity index (χ2n) is 5.30. The van der Waals surface area contributed by atoms with Crippen LogP contribution in [0.1, 0.15) is 17.2 Å². The molecule has 4 heteroatoms. The minimum atomic E-state index is 0.387. The number of hydrogen-bond acceptors (Lipinski definition) is 2. The Morgan fingerprint density at radius 2 is 1.80 bits per heavy atom. The van der Waals surface area contributed by atoms with Gasteiger partial charge in [-0.25, -0.2) is 4.98 Å². The number of halogens is 1. The van der Waals surface area contributed by atoms with Crippen molar-refractivity contribution < 1.29 is 0 Å². The first-order valence-electron chi connectivity index (χ1n) is 6.72. The number of anilines is 1. The van der Waals surface area contributed by atoms with Crippen molar-refractivity contribution in [2.24, 2.45) is 0 Å². The molecule has 0 aliphatic heterocycles. The fraction of sp³-hybridized carbons (Fsp3) is 0.188. The number of fused-ring (bicyclic) bond motifs is 2. The number of rotatable bonds is 1. The van der Waals surface area contributed by atoms with Crippen LogP contribution in [0.2, 0.25) is 0 Å². The number of imidazole rings is 1. The Bertz CT molecular complexity index is 782. The van der Waals surface area contributed by atoms with Gasteiger partial charge in [0.1, 0.15) is 0 Å². The standard InChI is InChI=1S/C16H14IN3/c17-12-5-6-15-14(9-12)19-16(18)20(15)13-7-10-3-1-2-4-11(10)8-13/h1-6,9,13H,7-8H2,(H2,18,19). The van der Waals surface area contributed by atoms with Crippen molar-refractivity contribution >= 4 is 39.6 Å². The third kappa shape index (κ3) is 1.82.